The van der Waals surface area contributed by atoms with Crippen molar-refractivity contribution in [2.24, 2.45) is 22.7 Å². The van der Waals surface area contributed by atoms with Crippen molar-refractivity contribution in [2.75, 3.05) is 26.8 Å². The largest absolute Gasteiger partial charge is 0.504 e. The van der Waals surface area contributed by atoms with Crippen LogP contribution in [0.15, 0.2) is 34.3 Å². The number of methoxy groups -OCH3 is 1. The smallest absolute Gasteiger partial charge is 0.340 e. The van der Waals surface area contributed by atoms with Gasteiger partial charge in [0.15, 0.2) is 5.76 Å². The van der Waals surface area contributed by atoms with Gasteiger partial charge in [-0.25, -0.2) is 4.79 Å². The van der Waals surface area contributed by atoms with E-state index in [0.717, 1.165) is 37.9 Å². The summed E-state index contributed by atoms with van der Waals surface area (Å²) in [6.07, 6.45) is 4.82. The van der Waals surface area contributed by atoms with Gasteiger partial charge in [-0.15, -0.1) is 0 Å². The van der Waals surface area contributed by atoms with Crippen molar-refractivity contribution in [3.05, 3.63) is 34.3 Å². The summed E-state index contributed by atoms with van der Waals surface area (Å²) in [6.45, 7) is 7.97. The molecule has 5 rings (SSSR count). The van der Waals surface area contributed by atoms with Crippen LogP contribution in [-0.4, -0.2) is 65.9 Å². The minimum atomic E-state index is -0.878. The predicted molar refractivity (Wildman–Crippen MR) is 121 cm³/mol. The fraction of sp³-hybridized carbons (Fsp3) is 0.692. The second kappa shape index (κ2) is 7.70. The molecule has 33 heavy (non-hydrogen) atoms. The number of fused-ring (bicyclic) bond motifs is 4. The minimum Gasteiger partial charge on any atom is -0.504 e. The molecule has 3 fully saturated rings. The van der Waals surface area contributed by atoms with Gasteiger partial charge in [0, 0.05) is 43.0 Å². The van der Waals surface area contributed by atoms with Crippen LogP contribution in [0.3, 0.4) is 0 Å². The van der Waals surface area contributed by atoms with Crippen molar-refractivity contribution in [1.82, 2.24) is 4.90 Å². The Balaban J connectivity index is 1.73. The molecule has 0 aromatic carbocycles. The standard InChI is InChI=1S/C26H35NO6/c1-14-11-25(2)16(7-8-17(25)28)19-20(14)26(3)18(13-32-4)33-24(31)15(12-27-9-5-6-10-27)21(26)23(30)22(19)29/h12,14,16-18,28,30H,5-11,13H2,1-4H3/b15-12-/t14-,16+,17?,18-,25+,26-/m1/s1. The van der Waals surface area contributed by atoms with Crippen LogP contribution in [-0.2, 0) is 19.1 Å². The molecule has 0 radical (unpaired) electrons. The van der Waals surface area contributed by atoms with Crippen LogP contribution in [0, 0.1) is 22.7 Å². The number of esters is 1. The number of carbonyl (C=O) groups is 2. The van der Waals surface area contributed by atoms with Gasteiger partial charge in [0.05, 0.1) is 23.7 Å². The maximum atomic E-state index is 13.8. The van der Waals surface area contributed by atoms with Crippen molar-refractivity contribution in [2.45, 2.75) is 65.1 Å². The quantitative estimate of drug-likeness (QED) is 0.497. The number of ether oxygens (including phenoxy) is 2. The van der Waals surface area contributed by atoms with Crippen LogP contribution in [0.1, 0.15) is 52.9 Å². The number of cyclic esters (lactones) is 1. The number of ketones is 1. The Labute approximate surface area is 195 Å². The van der Waals surface area contributed by atoms with Crippen LogP contribution in [0.25, 0.3) is 0 Å². The molecule has 0 bridgehead atoms. The highest BCUT2D eigenvalue weighted by atomic mass is 16.6. The van der Waals surface area contributed by atoms with Crippen LogP contribution in [0.5, 0.6) is 0 Å². The zero-order chi connectivity index (χ0) is 23.7. The number of rotatable bonds is 3. The van der Waals surface area contributed by atoms with Gasteiger partial charge >= 0.3 is 5.97 Å². The molecule has 180 valence electrons. The number of hydrogen-bond donors (Lipinski definition) is 2. The van der Waals surface area contributed by atoms with E-state index in [1.165, 1.54) is 0 Å². The van der Waals surface area contributed by atoms with Gasteiger partial charge in [-0.2, -0.15) is 0 Å². The average molecular weight is 458 g/mol. The summed E-state index contributed by atoms with van der Waals surface area (Å²) in [5.41, 5.74) is 0.937. The minimum absolute atomic E-state index is 0.0183. The van der Waals surface area contributed by atoms with Gasteiger partial charge in [0.2, 0.25) is 5.78 Å². The maximum absolute atomic E-state index is 13.8. The zero-order valence-corrected chi connectivity index (χ0v) is 20.0. The van der Waals surface area contributed by atoms with E-state index >= 15 is 0 Å². The summed E-state index contributed by atoms with van der Waals surface area (Å²) in [7, 11) is 1.56. The molecule has 6 atom stereocenters. The van der Waals surface area contributed by atoms with Crippen molar-refractivity contribution in [1.29, 1.82) is 0 Å². The second-order valence-corrected chi connectivity index (χ2v) is 11.0. The van der Waals surface area contributed by atoms with E-state index in [-0.39, 0.29) is 29.8 Å². The monoisotopic (exact) mass is 457 g/mol. The summed E-state index contributed by atoms with van der Waals surface area (Å²) < 4.78 is 11.4. The van der Waals surface area contributed by atoms with Crippen LogP contribution in [0.4, 0.5) is 0 Å². The molecule has 0 aromatic heterocycles. The first-order valence-corrected chi connectivity index (χ1v) is 12.2. The first kappa shape index (κ1) is 22.7. The van der Waals surface area contributed by atoms with Gasteiger partial charge < -0.3 is 24.6 Å². The molecule has 2 heterocycles. The fourth-order valence-corrected chi connectivity index (χ4v) is 7.55. The summed E-state index contributed by atoms with van der Waals surface area (Å²) in [5, 5.41) is 22.2. The molecule has 1 saturated carbocycles. The predicted octanol–water partition coefficient (Wildman–Crippen LogP) is 3.05. The van der Waals surface area contributed by atoms with Gasteiger partial charge in [-0.3, -0.25) is 4.79 Å². The third-order valence-electron chi connectivity index (χ3n) is 9.09. The first-order chi connectivity index (χ1) is 15.6. The van der Waals surface area contributed by atoms with Crippen LogP contribution in [0.2, 0.25) is 0 Å². The van der Waals surface area contributed by atoms with E-state index in [1.807, 2.05) is 6.92 Å². The third-order valence-corrected chi connectivity index (χ3v) is 9.09. The van der Waals surface area contributed by atoms with E-state index in [4.69, 9.17) is 9.47 Å². The fourth-order valence-electron chi connectivity index (χ4n) is 7.55. The molecule has 3 aliphatic carbocycles. The number of aliphatic hydroxyl groups excluding tert-OH is 2. The number of carbonyl (C=O) groups excluding carboxylic acids is 2. The van der Waals surface area contributed by atoms with Crippen molar-refractivity contribution >= 4 is 11.8 Å². The lowest BCUT2D eigenvalue weighted by atomic mass is 9.51. The van der Waals surface area contributed by atoms with E-state index in [1.54, 1.807) is 13.3 Å². The highest BCUT2D eigenvalue weighted by Gasteiger charge is 2.62. The second-order valence-electron chi connectivity index (χ2n) is 11.0. The van der Waals surface area contributed by atoms with E-state index in [9.17, 15) is 19.8 Å². The zero-order valence-electron chi connectivity index (χ0n) is 20.0. The molecule has 2 N–H and O–H groups in total. The molecule has 0 aromatic rings. The van der Waals surface area contributed by atoms with Gasteiger partial charge in [-0.05, 0) is 56.4 Å². The summed E-state index contributed by atoms with van der Waals surface area (Å²) in [5.74, 6) is -1.41. The Morgan fingerprint density at radius 2 is 1.91 bits per heavy atom. The van der Waals surface area contributed by atoms with Crippen molar-refractivity contribution in [3.63, 3.8) is 0 Å². The lowest BCUT2D eigenvalue weighted by Crippen LogP contribution is -2.55. The topological polar surface area (TPSA) is 96.3 Å². The molecule has 2 aliphatic heterocycles. The van der Waals surface area contributed by atoms with Gasteiger partial charge in [0.25, 0.3) is 0 Å². The molecular weight excluding hydrogens is 422 g/mol. The molecule has 7 heteroatoms. The van der Waals surface area contributed by atoms with Gasteiger partial charge in [0.1, 0.15) is 6.10 Å². The number of nitrogens with zero attached hydrogens (tertiary/aromatic N) is 1. The molecule has 5 aliphatic rings. The molecule has 0 spiro atoms. The van der Waals surface area contributed by atoms with Gasteiger partial charge in [-0.1, -0.05) is 13.8 Å². The Morgan fingerprint density at radius 1 is 1.21 bits per heavy atom. The normalized spacial score (nSPS) is 42.0. The Kier molecular flexibility index (Phi) is 5.29. The Hall–Kier alpha value is -2.12. The summed E-state index contributed by atoms with van der Waals surface area (Å²) in [4.78, 5) is 29.0. The Morgan fingerprint density at radius 3 is 2.58 bits per heavy atom. The van der Waals surface area contributed by atoms with Crippen molar-refractivity contribution in [3.8, 4) is 0 Å². The molecular formula is C26H35NO6. The molecule has 2 saturated heterocycles. The number of allylic oxidation sites excluding steroid dienone is 1. The number of aliphatic hydroxyl groups is 2. The number of likely N-dealkylation sites (tertiary alicyclic amines) is 1. The highest BCUT2D eigenvalue weighted by molar-refractivity contribution is 6.13. The molecule has 1 unspecified atom stereocenters. The summed E-state index contributed by atoms with van der Waals surface area (Å²) >= 11 is 0. The Bertz CT molecular complexity index is 989. The van der Waals surface area contributed by atoms with E-state index < -0.39 is 34.8 Å². The van der Waals surface area contributed by atoms with Crippen molar-refractivity contribution < 1.29 is 29.3 Å². The van der Waals surface area contributed by atoms with E-state index in [0.29, 0.717) is 24.0 Å². The lowest BCUT2D eigenvalue weighted by molar-refractivity contribution is -0.157. The first-order valence-electron chi connectivity index (χ1n) is 12.2. The maximum Gasteiger partial charge on any atom is 0.340 e. The van der Waals surface area contributed by atoms with E-state index in [2.05, 4.69) is 18.7 Å². The third kappa shape index (κ3) is 3.01. The van der Waals surface area contributed by atoms with Crippen LogP contribution < -0.4 is 0 Å². The summed E-state index contributed by atoms with van der Waals surface area (Å²) in [6, 6.07) is 0. The lowest BCUT2D eigenvalue weighted by Gasteiger charge is -2.54. The molecule has 0 amide bonds. The number of hydrogen-bond acceptors (Lipinski definition) is 7. The molecule has 7 nitrogen and oxygen atoms in total. The van der Waals surface area contributed by atoms with Crippen LogP contribution >= 0.6 is 0 Å². The average Bonchev–Trinajstić information content (AvgIpc) is 3.37. The highest BCUT2D eigenvalue weighted by Crippen LogP contribution is 2.64. The number of Topliss-reactive ketones (excluding diaryl/α,β-unsaturated/α-hetero) is 1. The SMILES string of the molecule is COC[C@H]1OC(=O)/C(=C\N2CCCC2)C2=C(O)C(=O)C3=C([C@H](C)C[C@]4(C)C(O)CC[C@@H]34)[C@]21C.